The molecule has 8 nitrogen and oxygen atoms in total. The van der Waals surface area contributed by atoms with Crippen molar-refractivity contribution in [3.63, 3.8) is 0 Å². The van der Waals surface area contributed by atoms with E-state index < -0.39 is 6.36 Å². The zero-order valence-corrected chi connectivity index (χ0v) is 19.6. The van der Waals surface area contributed by atoms with Crippen LogP contribution >= 0.6 is 0 Å². The third-order valence-corrected chi connectivity index (χ3v) is 7.30. The molecule has 3 atom stereocenters. The van der Waals surface area contributed by atoms with Gasteiger partial charge in [-0.1, -0.05) is 12.1 Å². The monoisotopic (exact) mass is 503 g/mol. The first kappa shape index (κ1) is 24.4. The van der Waals surface area contributed by atoms with Gasteiger partial charge in [-0.15, -0.1) is 13.2 Å². The lowest BCUT2D eigenvalue weighted by molar-refractivity contribution is -0.274. The summed E-state index contributed by atoms with van der Waals surface area (Å²) in [5.41, 5.74) is 2.60. The number of carbonyl (C=O) groups is 2. The summed E-state index contributed by atoms with van der Waals surface area (Å²) in [6, 6.07) is 5.12. The van der Waals surface area contributed by atoms with Crippen molar-refractivity contribution in [2.75, 3.05) is 26.2 Å². The second kappa shape index (κ2) is 9.96. The molecule has 2 fully saturated rings. The fourth-order valence-corrected chi connectivity index (χ4v) is 5.37. The summed E-state index contributed by atoms with van der Waals surface area (Å²) >= 11 is 0. The summed E-state index contributed by atoms with van der Waals surface area (Å²) in [6.45, 7) is 3.26. The van der Waals surface area contributed by atoms with Gasteiger partial charge in [0.15, 0.2) is 0 Å². The normalized spacial score (nSPS) is 24.4. The number of hydrogen-bond acceptors (Lipinski definition) is 5. The van der Waals surface area contributed by atoms with Gasteiger partial charge in [0.2, 0.25) is 11.8 Å². The Morgan fingerprint density at radius 2 is 1.75 bits per heavy atom. The number of H-pyrrole nitrogens is 1. The quantitative estimate of drug-likeness (QED) is 0.627. The average Bonchev–Trinajstić information content (AvgIpc) is 3.44. The number of rotatable bonds is 4. The largest absolute Gasteiger partial charge is 0.573 e. The number of amides is 2. The van der Waals surface area contributed by atoms with E-state index in [1.807, 2.05) is 9.80 Å². The molecule has 0 aliphatic carbocycles. The molecular formula is C25H28F3N5O3. The van der Waals surface area contributed by atoms with Gasteiger partial charge >= 0.3 is 6.36 Å². The van der Waals surface area contributed by atoms with E-state index in [2.05, 4.69) is 20.0 Å². The van der Waals surface area contributed by atoms with Gasteiger partial charge < -0.3 is 19.5 Å². The van der Waals surface area contributed by atoms with Crippen molar-refractivity contribution < 1.29 is 27.5 Å². The highest BCUT2D eigenvalue weighted by Crippen LogP contribution is 2.33. The predicted molar refractivity (Wildman–Crippen MR) is 124 cm³/mol. The maximum atomic E-state index is 13.1. The van der Waals surface area contributed by atoms with Crippen molar-refractivity contribution in [3.05, 3.63) is 53.6 Å². The summed E-state index contributed by atoms with van der Waals surface area (Å²) < 4.78 is 40.7. The molecule has 2 aromatic rings. The number of nitrogens with zero attached hydrogens (tertiary/aromatic N) is 3. The number of nitrogens with one attached hydrogen (secondary N) is 2. The van der Waals surface area contributed by atoms with E-state index >= 15 is 0 Å². The summed E-state index contributed by atoms with van der Waals surface area (Å²) in [7, 11) is 0. The van der Waals surface area contributed by atoms with Gasteiger partial charge in [-0.25, -0.2) is 4.98 Å². The second-order valence-electron chi connectivity index (χ2n) is 9.58. The molecule has 0 saturated carbocycles. The first-order valence-corrected chi connectivity index (χ1v) is 12.1. The number of carbonyl (C=O) groups excluding carboxylic acids is 2. The molecule has 11 heteroatoms. The zero-order valence-electron chi connectivity index (χ0n) is 19.6. The molecule has 36 heavy (non-hydrogen) atoms. The number of aromatic amines is 1. The molecule has 5 rings (SSSR count). The Kier molecular flexibility index (Phi) is 6.74. The Bertz CT molecular complexity index is 1110. The molecule has 0 spiro atoms. The van der Waals surface area contributed by atoms with Gasteiger partial charge in [-0.05, 0) is 48.4 Å². The zero-order chi connectivity index (χ0) is 25.3. The van der Waals surface area contributed by atoms with Gasteiger partial charge in [0, 0.05) is 45.2 Å². The molecule has 192 valence electrons. The van der Waals surface area contributed by atoms with Crippen LogP contribution in [0.1, 0.15) is 29.8 Å². The maximum absolute atomic E-state index is 13.1. The van der Waals surface area contributed by atoms with Gasteiger partial charge in [0.25, 0.3) is 0 Å². The van der Waals surface area contributed by atoms with Crippen LogP contribution in [0.5, 0.6) is 5.75 Å². The van der Waals surface area contributed by atoms with Crippen molar-refractivity contribution in [1.29, 1.82) is 0 Å². The van der Waals surface area contributed by atoms with Crippen molar-refractivity contribution in [3.8, 4) is 5.75 Å². The minimum Gasteiger partial charge on any atom is -0.406 e. The Hall–Kier alpha value is -3.34. The van der Waals surface area contributed by atoms with E-state index in [1.165, 1.54) is 30.3 Å². The number of alkyl halides is 3. The molecule has 2 saturated heterocycles. The number of aromatic nitrogens is 2. The number of hydrogen-bond donors (Lipinski definition) is 2. The Labute approximate surface area is 206 Å². The molecule has 0 radical (unpaired) electrons. The highest BCUT2D eigenvalue weighted by molar-refractivity contribution is 5.91. The van der Waals surface area contributed by atoms with Gasteiger partial charge in [0.05, 0.1) is 23.8 Å². The van der Waals surface area contributed by atoms with Crippen LogP contribution in [0.15, 0.2) is 36.7 Å². The molecule has 4 heterocycles. The Morgan fingerprint density at radius 3 is 2.42 bits per heavy atom. The first-order chi connectivity index (χ1) is 17.2. The number of imidazole rings is 1. The van der Waals surface area contributed by atoms with Crippen LogP contribution < -0.4 is 10.1 Å². The topological polar surface area (TPSA) is 90.6 Å². The Morgan fingerprint density at radius 1 is 1.06 bits per heavy atom. The minimum atomic E-state index is -4.74. The predicted octanol–water partition coefficient (Wildman–Crippen LogP) is 2.73. The van der Waals surface area contributed by atoms with Crippen LogP contribution in [-0.2, 0) is 22.6 Å². The van der Waals surface area contributed by atoms with Gasteiger partial charge in [-0.3, -0.25) is 14.9 Å². The lowest BCUT2D eigenvalue weighted by Crippen LogP contribution is -2.49. The summed E-state index contributed by atoms with van der Waals surface area (Å²) in [6.07, 6.45) is 2.23. The van der Waals surface area contributed by atoms with Crippen LogP contribution in [0.25, 0.3) is 6.08 Å². The third-order valence-electron chi connectivity index (χ3n) is 7.30. The smallest absolute Gasteiger partial charge is 0.406 e. The molecule has 1 aromatic carbocycles. The molecule has 3 aliphatic rings. The number of likely N-dealkylation sites (tertiary alicyclic amines) is 2. The fraction of sp³-hybridized carbons (Fsp3) is 0.480. The van der Waals surface area contributed by atoms with E-state index in [4.69, 9.17) is 0 Å². The van der Waals surface area contributed by atoms with Crippen LogP contribution in [0, 0.1) is 11.8 Å². The van der Waals surface area contributed by atoms with Crippen LogP contribution in [-0.4, -0.2) is 70.2 Å². The summed E-state index contributed by atoms with van der Waals surface area (Å²) in [5.74, 6) is 0.421. The SMILES string of the molecule is O=C(C=Cc1ccc(OC(F)(F)F)cc1)N1CC[C@@H]2CN(C(=O)[C@@H]3Cc4nc[nH]c4CN3)C[C@@H]2CC1. The standard InChI is InChI=1S/C25H28F3N5O3/c26-25(27,28)36-19-4-1-16(2-5-19)3-6-23(34)32-9-7-17-13-33(14-18(17)8-10-32)24(35)21-11-20-22(12-29-21)31-15-30-20/h1-6,15,17-18,21,29H,7-14H2,(H,30,31)/t17-,18+,21-/m0/s1. The molecule has 2 N–H and O–H groups in total. The highest BCUT2D eigenvalue weighted by Gasteiger charge is 2.40. The maximum Gasteiger partial charge on any atom is 0.573 e. The van der Waals surface area contributed by atoms with Crippen molar-refractivity contribution in [2.24, 2.45) is 11.8 Å². The van der Waals surface area contributed by atoms with Crippen LogP contribution in [0.3, 0.4) is 0 Å². The van der Waals surface area contributed by atoms with E-state index in [1.54, 1.807) is 12.4 Å². The van der Waals surface area contributed by atoms with Crippen LogP contribution in [0.2, 0.25) is 0 Å². The molecular weight excluding hydrogens is 475 g/mol. The van der Waals surface area contributed by atoms with E-state index in [-0.39, 0.29) is 23.6 Å². The molecule has 0 unspecified atom stereocenters. The van der Waals surface area contributed by atoms with Crippen molar-refractivity contribution in [1.82, 2.24) is 25.1 Å². The molecule has 0 bridgehead atoms. The van der Waals surface area contributed by atoms with Crippen LogP contribution in [0.4, 0.5) is 13.2 Å². The lowest BCUT2D eigenvalue weighted by Gasteiger charge is -2.27. The van der Waals surface area contributed by atoms with E-state index in [0.717, 1.165) is 24.2 Å². The number of halogens is 3. The van der Waals surface area contributed by atoms with E-state index in [9.17, 15) is 22.8 Å². The molecule has 3 aliphatic heterocycles. The van der Waals surface area contributed by atoms with Gasteiger partial charge in [-0.2, -0.15) is 0 Å². The Balaban J connectivity index is 1.11. The summed E-state index contributed by atoms with van der Waals surface area (Å²) in [4.78, 5) is 37.1. The highest BCUT2D eigenvalue weighted by atomic mass is 19.4. The average molecular weight is 504 g/mol. The lowest BCUT2D eigenvalue weighted by atomic mass is 9.92. The summed E-state index contributed by atoms with van der Waals surface area (Å²) in [5, 5.41) is 3.31. The van der Waals surface area contributed by atoms with Gasteiger partial charge in [0.1, 0.15) is 5.75 Å². The fourth-order valence-electron chi connectivity index (χ4n) is 5.37. The number of fused-ring (bicyclic) bond motifs is 2. The first-order valence-electron chi connectivity index (χ1n) is 12.1. The third kappa shape index (κ3) is 5.56. The van der Waals surface area contributed by atoms with Crippen molar-refractivity contribution >= 4 is 17.9 Å². The van der Waals surface area contributed by atoms with E-state index in [0.29, 0.717) is 56.5 Å². The second-order valence-corrected chi connectivity index (χ2v) is 9.58. The molecule has 2 amide bonds. The van der Waals surface area contributed by atoms with Crippen molar-refractivity contribution in [2.45, 2.75) is 38.2 Å². The molecule has 1 aromatic heterocycles. The number of benzene rings is 1. The minimum absolute atomic E-state index is 0.124. The number of ether oxygens (including phenoxy) is 1.